The molecule has 18 heavy (non-hydrogen) atoms. The van der Waals surface area contributed by atoms with Crippen LogP contribution in [0, 0.1) is 0 Å². The van der Waals surface area contributed by atoms with Crippen LogP contribution in [0.1, 0.15) is 6.92 Å². The van der Waals surface area contributed by atoms with E-state index < -0.39 is 18.0 Å². The molecule has 0 aromatic heterocycles. The Morgan fingerprint density at radius 1 is 1.39 bits per heavy atom. The Bertz CT molecular complexity index is 308. The number of methoxy groups -OCH3 is 1. The van der Waals surface area contributed by atoms with Crippen LogP contribution in [0.3, 0.4) is 0 Å². The number of carboxylic acid groups (broad SMARTS) is 1. The molecular weight excluding hydrogens is 242 g/mol. The third-order valence-corrected chi connectivity index (χ3v) is 2.03. The van der Waals surface area contributed by atoms with Gasteiger partial charge in [0.2, 0.25) is 5.91 Å². The molecule has 0 saturated carbocycles. The number of amides is 3. The van der Waals surface area contributed by atoms with Gasteiger partial charge in [-0.25, -0.2) is 9.59 Å². The average molecular weight is 261 g/mol. The number of aliphatic carboxylic acids is 1. The van der Waals surface area contributed by atoms with Gasteiger partial charge in [0, 0.05) is 20.7 Å². The highest BCUT2D eigenvalue weighted by Crippen LogP contribution is 1.90. The summed E-state index contributed by atoms with van der Waals surface area (Å²) in [6.45, 7) is 1.95. The molecule has 8 heteroatoms. The van der Waals surface area contributed by atoms with Crippen molar-refractivity contribution in [3.8, 4) is 0 Å². The lowest BCUT2D eigenvalue weighted by Crippen LogP contribution is -2.50. The van der Waals surface area contributed by atoms with Gasteiger partial charge in [-0.1, -0.05) is 0 Å². The van der Waals surface area contributed by atoms with Gasteiger partial charge >= 0.3 is 12.0 Å². The van der Waals surface area contributed by atoms with Crippen LogP contribution in [-0.2, 0) is 14.3 Å². The molecule has 0 spiro atoms. The normalized spacial score (nSPS) is 11.5. The fourth-order valence-electron chi connectivity index (χ4n) is 1.14. The zero-order valence-corrected chi connectivity index (χ0v) is 10.7. The predicted molar refractivity (Wildman–Crippen MR) is 63.1 cm³/mol. The predicted octanol–water partition coefficient (Wildman–Crippen LogP) is -1.14. The summed E-state index contributed by atoms with van der Waals surface area (Å²) in [5.74, 6) is -1.51. The lowest BCUT2D eigenvalue weighted by molar-refractivity contribution is -0.140. The number of carbonyl (C=O) groups is 3. The molecule has 1 atom stereocenters. The Hall–Kier alpha value is -1.83. The molecule has 0 aromatic carbocycles. The number of rotatable bonds is 7. The van der Waals surface area contributed by atoms with Gasteiger partial charge in [-0.3, -0.25) is 4.79 Å². The van der Waals surface area contributed by atoms with Crippen molar-refractivity contribution in [2.75, 3.05) is 33.9 Å². The Morgan fingerprint density at radius 3 is 2.44 bits per heavy atom. The minimum atomic E-state index is -1.20. The summed E-state index contributed by atoms with van der Waals surface area (Å²) in [6, 6.07) is -1.79. The fourth-order valence-corrected chi connectivity index (χ4v) is 1.14. The van der Waals surface area contributed by atoms with Crippen LogP contribution in [0.2, 0.25) is 0 Å². The van der Waals surface area contributed by atoms with E-state index in [9.17, 15) is 14.4 Å². The van der Waals surface area contributed by atoms with E-state index in [-0.39, 0.29) is 19.1 Å². The summed E-state index contributed by atoms with van der Waals surface area (Å²) in [7, 11) is 2.73. The number of urea groups is 1. The van der Waals surface area contributed by atoms with Crippen LogP contribution in [0.4, 0.5) is 4.79 Å². The Labute approximate surface area is 105 Å². The maximum absolute atomic E-state index is 11.6. The van der Waals surface area contributed by atoms with E-state index in [1.54, 1.807) is 6.92 Å². The smallest absolute Gasteiger partial charge is 0.328 e. The molecule has 0 radical (unpaired) electrons. The van der Waals surface area contributed by atoms with Crippen molar-refractivity contribution in [1.29, 1.82) is 0 Å². The van der Waals surface area contributed by atoms with Gasteiger partial charge in [0.15, 0.2) is 6.04 Å². The van der Waals surface area contributed by atoms with E-state index in [1.807, 2.05) is 0 Å². The second-order valence-corrected chi connectivity index (χ2v) is 3.61. The number of nitrogens with zero attached hydrogens (tertiary/aromatic N) is 1. The van der Waals surface area contributed by atoms with Crippen LogP contribution in [0.5, 0.6) is 0 Å². The summed E-state index contributed by atoms with van der Waals surface area (Å²) in [5.41, 5.74) is 0. The fraction of sp³-hybridized carbons (Fsp3) is 0.700. The standard InChI is InChI=1S/C10H19N3O5/c1-4-11-8(14)5-13(2)10(17)12-7(6-18-3)9(15)16/h7H,4-6H2,1-3H3,(H,11,14)(H,12,17)(H,15,16). The molecule has 0 saturated heterocycles. The van der Waals surface area contributed by atoms with E-state index in [2.05, 4.69) is 15.4 Å². The summed E-state index contributed by atoms with van der Waals surface area (Å²) >= 11 is 0. The maximum Gasteiger partial charge on any atom is 0.328 e. The largest absolute Gasteiger partial charge is 0.480 e. The highest BCUT2D eigenvalue weighted by Gasteiger charge is 2.22. The molecule has 3 N–H and O–H groups in total. The second kappa shape index (κ2) is 8.29. The van der Waals surface area contributed by atoms with Crippen molar-refractivity contribution in [1.82, 2.24) is 15.5 Å². The van der Waals surface area contributed by atoms with E-state index >= 15 is 0 Å². The number of likely N-dealkylation sites (N-methyl/N-ethyl adjacent to an activating group) is 2. The van der Waals surface area contributed by atoms with Crippen molar-refractivity contribution in [3.63, 3.8) is 0 Å². The molecule has 0 aliphatic heterocycles. The number of ether oxygens (including phenoxy) is 1. The number of carboxylic acids is 1. The van der Waals surface area contributed by atoms with Gasteiger partial charge in [-0.05, 0) is 6.92 Å². The number of carbonyl (C=O) groups excluding carboxylic acids is 2. The molecule has 0 aliphatic rings. The van der Waals surface area contributed by atoms with E-state index in [0.717, 1.165) is 4.90 Å². The van der Waals surface area contributed by atoms with Gasteiger partial charge in [0.1, 0.15) is 6.54 Å². The highest BCUT2D eigenvalue weighted by atomic mass is 16.5. The zero-order chi connectivity index (χ0) is 14.1. The minimum Gasteiger partial charge on any atom is -0.480 e. The molecule has 0 fully saturated rings. The summed E-state index contributed by atoms with van der Waals surface area (Å²) in [4.78, 5) is 34.7. The molecule has 1 unspecified atom stereocenters. The molecule has 0 aliphatic carbocycles. The lowest BCUT2D eigenvalue weighted by Gasteiger charge is -2.20. The summed E-state index contributed by atoms with van der Waals surface area (Å²) in [6.07, 6.45) is 0. The van der Waals surface area contributed by atoms with Crippen LogP contribution in [0.15, 0.2) is 0 Å². The van der Waals surface area contributed by atoms with Gasteiger partial charge in [0.25, 0.3) is 0 Å². The quantitative estimate of drug-likeness (QED) is 0.537. The molecular formula is C10H19N3O5. The third-order valence-electron chi connectivity index (χ3n) is 2.03. The summed E-state index contributed by atoms with van der Waals surface area (Å²) in [5, 5.41) is 13.6. The SMILES string of the molecule is CCNC(=O)CN(C)C(=O)NC(COC)C(=O)O. The van der Waals surface area contributed by atoms with Crippen LogP contribution >= 0.6 is 0 Å². The van der Waals surface area contributed by atoms with Gasteiger partial charge in [0.05, 0.1) is 6.61 Å². The molecule has 0 rings (SSSR count). The number of nitrogens with one attached hydrogen (secondary N) is 2. The first-order valence-corrected chi connectivity index (χ1v) is 5.42. The monoisotopic (exact) mass is 261 g/mol. The lowest BCUT2D eigenvalue weighted by atomic mass is 10.3. The van der Waals surface area contributed by atoms with Crippen LogP contribution in [-0.4, -0.2) is 67.8 Å². The van der Waals surface area contributed by atoms with Gasteiger partial charge in [-0.15, -0.1) is 0 Å². The van der Waals surface area contributed by atoms with Crippen molar-refractivity contribution in [2.24, 2.45) is 0 Å². The molecule has 0 aromatic rings. The Morgan fingerprint density at radius 2 is 2.00 bits per heavy atom. The molecule has 0 heterocycles. The van der Waals surface area contributed by atoms with E-state index in [0.29, 0.717) is 6.54 Å². The topological polar surface area (TPSA) is 108 Å². The van der Waals surface area contributed by atoms with Crippen molar-refractivity contribution in [3.05, 3.63) is 0 Å². The van der Waals surface area contributed by atoms with Crippen LogP contribution < -0.4 is 10.6 Å². The van der Waals surface area contributed by atoms with Crippen molar-refractivity contribution in [2.45, 2.75) is 13.0 Å². The first-order chi connectivity index (χ1) is 8.42. The van der Waals surface area contributed by atoms with Gasteiger partial charge in [-0.2, -0.15) is 0 Å². The average Bonchev–Trinajstić information content (AvgIpc) is 2.28. The molecule has 8 nitrogen and oxygen atoms in total. The maximum atomic E-state index is 11.6. The first-order valence-electron chi connectivity index (χ1n) is 5.42. The summed E-state index contributed by atoms with van der Waals surface area (Å²) < 4.78 is 4.67. The first kappa shape index (κ1) is 16.2. The Kier molecular flexibility index (Phi) is 7.45. The third kappa shape index (κ3) is 6.04. The van der Waals surface area contributed by atoms with Gasteiger partial charge < -0.3 is 25.4 Å². The van der Waals surface area contributed by atoms with Crippen molar-refractivity contribution < 1.29 is 24.2 Å². The second-order valence-electron chi connectivity index (χ2n) is 3.61. The number of hydrogen-bond acceptors (Lipinski definition) is 4. The zero-order valence-electron chi connectivity index (χ0n) is 10.7. The van der Waals surface area contributed by atoms with Crippen molar-refractivity contribution >= 4 is 17.9 Å². The van der Waals surface area contributed by atoms with E-state index in [1.165, 1.54) is 14.2 Å². The minimum absolute atomic E-state index is 0.140. The van der Waals surface area contributed by atoms with E-state index in [4.69, 9.17) is 5.11 Å². The van der Waals surface area contributed by atoms with Crippen LogP contribution in [0.25, 0.3) is 0 Å². The number of hydrogen-bond donors (Lipinski definition) is 3. The highest BCUT2D eigenvalue weighted by molar-refractivity contribution is 5.86. The molecule has 0 bridgehead atoms. The Balaban J connectivity index is 4.28. The molecule has 3 amide bonds. The molecule has 104 valence electrons.